The summed E-state index contributed by atoms with van der Waals surface area (Å²) in [6.45, 7) is 2.54. The van der Waals surface area contributed by atoms with Crippen LogP contribution in [0.2, 0.25) is 0 Å². The molecule has 3 aromatic rings. The zero-order chi connectivity index (χ0) is 19.1. The van der Waals surface area contributed by atoms with Crippen LogP contribution in [0.5, 0.6) is 0 Å². The van der Waals surface area contributed by atoms with E-state index in [1.807, 2.05) is 61.5 Å². The number of nitrogens with zero attached hydrogens (tertiary/aromatic N) is 2. The van der Waals surface area contributed by atoms with E-state index in [1.165, 1.54) is 5.56 Å². The fraction of sp³-hybridized carbons (Fsp3) is 0.238. The maximum atomic E-state index is 12.2. The summed E-state index contributed by atoms with van der Waals surface area (Å²) in [4.78, 5) is 26.9. The van der Waals surface area contributed by atoms with Crippen molar-refractivity contribution in [3.8, 4) is 11.4 Å². The Morgan fingerprint density at radius 2 is 1.85 bits per heavy atom. The van der Waals surface area contributed by atoms with Crippen molar-refractivity contribution >= 4 is 5.91 Å². The van der Waals surface area contributed by atoms with Gasteiger partial charge in [0.1, 0.15) is 5.69 Å². The number of carbonyl (C=O) groups excluding carboxylic acids is 1. The zero-order valence-electron chi connectivity index (χ0n) is 15.2. The second-order valence-corrected chi connectivity index (χ2v) is 6.40. The molecule has 0 aliphatic heterocycles. The summed E-state index contributed by atoms with van der Waals surface area (Å²) in [5, 5.41) is 11.0. The number of amides is 1. The van der Waals surface area contributed by atoms with Gasteiger partial charge in [0.25, 0.3) is 5.56 Å². The van der Waals surface area contributed by atoms with Gasteiger partial charge in [-0.05, 0) is 25.0 Å². The van der Waals surface area contributed by atoms with Gasteiger partial charge in [0, 0.05) is 24.9 Å². The monoisotopic (exact) mass is 362 g/mol. The maximum Gasteiger partial charge on any atom is 0.273 e. The van der Waals surface area contributed by atoms with E-state index in [0.29, 0.717) is 12.4 Å². The summed E-state index contributed by atoms with van der Waals surface area (Å²) in [5.74, 6) is 0.328. The van der Waals surface area contributed by atoms with Crippen LogP contribution in [0.3, 0.4) is 0 Å². The first-order valence-electron chi connectivity index (χ1n) is 8.95. The minimum Gasteiger partial charge on any atom is -0.356 e. The molecule has 1 aromatic heterocycles. The minimum atomic E-state index is -0.307. The third kappa shape index (κ3) is 5.34. The molecule has 6 heteroatoms. The highest BCUT2D eigenvalue weighted by Crippen LogP contribution is 2.14. The van der Waals surface area contributed by atoms with Gasteiger partial charge < -0.3 is 10.3 Å². The average Bonchev–Trinajstić information content (AvgIpc) is 2.68. The second kappa shape index (κ2) is 8.89. The van der Waals surface area contributed by atoms with Gasteiger partial charge in [-0.15, -0.1) is 10.2 Å². The van der Waals surface area contributed by atoms with Gasteiger partial charge in [-0.1, -0.05) is 54.1 Å². The number of nitrogens with one attached hydrogen (secondary N) is 2. The predicted octanol–water partition coefficient (Wildman–Crippen LogP) is 2.43. The van der Waals surface area contributed by atoms with Gasteiger partial charge >= 0.3 is 0 Å². The Morgan fingerprint density at radius 1 is 1.04 bits per heavy atom. The topological polar surface area (TPSA) is 87.7 Å². The van der Waals surface area contributed by atoms with Crippen molar-refractivity contribution in [2.75, 3.05) is 6.54 Å². The largest absolute Gasteiger partial charge is 0.356 e. The van der Waals surface area contributed by atoms with E-state index in [0.717, 1.165) is 17.5 Å². The highest BCUT2D eigenvalue weighted by Gasteiger charge is 2.09. The van der Waals surface area contributed by atoms with Crippen molar-refractivity contribution in [1.82, 2.24) is 20.5 Å². The molecule has 0 bridgehead atoms. The Morgan fingerprint density at radius 3 is 2.59 bits per heavy atom. The molecule has 1 amide bonds. The number of rotatable bonds is 7. The molecule has 0 aliphatic rings. The molecule has 2 aromatic carbocycles. The Bertz CT molecular complexity index is 967. The smallest absolute Gasteiger partial charge is 0.273 e. The molecule has 0 radical (unpaired) electrons. The van der Waals surface area contributed by atoms with E-state index >= 15 is 0 Å². The Kier molecular flexibility index (Phi) is 6.10. The molecule has 0 aliphatic carbocycles. The van der Waals surface area contributed by atoms with E-state index in [-0.39, 0.29) is 30.0 Å². The molecule has 0 atom stereocenters. The van der Waals surface area contributed by atoms with Gasteiger partial charge in [0.15, 0.2) is 5.82 Å². The maximum absolute atomic E-state index is 12.2. The van der Waals surface area contributed by atoms with Crippen LogP contribution in [0.15, 0.2) is 59.4 Å². The molecule has 1 heterocycles. The molecule has 27 heavy (non-hydrogen) atoms. The lowest BCUT2D eigenvalue weighted by molar-refractivity contribution is -0.121. The van der Waals surface area contributed by atoms with E-state index in [4.69, 9.17) is 0 Å². The van der Waals surface area contributed by atoms with Gasteiger partial charge in [0.05, 0.1) is 0 Å². The van der Waals surface area contributed by atoms with Gasteiger partial charge in [-0.2, -0.15) is 0 Å². The van der Waals surface area contributed by atoms with Crippen LogP contribution >= 0.6 is 0 Å². The second-order valence-electron chi connectivity index (χ2n) is 6.40. The Labute approximate surface area is 157 Å². The molecular weight excluding hydrogens is 340 g/mol. The summed E-state index contributed by atoms with van der Waals surface area (Å²) in [7, 11) is 0. The quantitative estimate of drug-likeness (QED) is 0.676. The number of aromatic amines is 1. The first-order chi connectivity index (χ1) is 13.1. The molecule has 3 rings (SSSR count). The van der Waals surface area contributed by atoms with Crippen LogP contribution in [0.1, 0.15) is 23.2 Å². The number of benzene rings is 2. The van der Waals surface area contributed by atoms with Gasteiger partial charge in [-0.25, -0.2) is 0 Å². The summed E-state index contributed by atoms with van der Waals surface area (Å²) in [6.07, 6.45) is 1.24. The summed E-state index contributed by atoms with van der Waals surface area (Å²) >= 11 is 0. The molecule has 0 saturated heterocycles. The van der Waals surface area contributed by atoms with Crippen molar-refractivity contribution in [3.63, 3.8) is 0 Å². The van der Waals surface area contributed by atoms with E-state index in [9.17, 15) is 9.59 Å². The molecular formula is C21H22N4O2. The normalized spacial score (nSPS) is 10.6. The summed E-state index contributed by atoms with van der Waals surface area (Å²) < 4.78 is 0. The number of H-pyrrole nitrogens is 1. The molecule has 0 spiro atoms. The number of aryl methyl sites for hydroxylation is 2. The van der Waals surface area contributed by atoms with E-state index < -0.39 is 0 Å². The Hall–Kier alpha value is -3.28. The number of hydrogen-bond acceptors (Lipinski definition) is 4. The average molecular weight is 362 g/mol. The Balaban J connectivity index is 1.52. The van der Waals surface area contributed by atoms with Crippen LogP contribution < -0.4 is 10.9 Å². The standard InChI is InChI=1S/C21H22N4O2/c1-15-6-5-9-17(14-15)20-23-21(27)18(24-25-20)10-11-19(26)22-13-12-16-7-3-2-4-8-16/h2-9,14H,10-13H2,1H3,(H,22,26)(H,23,25,27). The fourth-order valence-corrected chi connectivity index (χ4v) is 2.76. The lowest BCUT2D eigenvalue weighted by Gasteiger charge is -2.05. The minimum absolute atomic E-state index is 0.102. The highest BCUT2D eigenvalue weighted by molar-refractivity contribution is 5.76. The summed E-state index contributed by atoms with van der Waals surface area (Å²) in [5.41, 5.74) is 3.02. The molecule has 0 saturated carbocycles. The fourth-order valence-electron chi connectivity index (χ4n) is 2.76. The first-order valence-corrected chi connectivity index (χ1v) is 8.95. The van der Waals surface area contributed by atoms with Gasteiger partial charge in [0.2, 0.25) is 5.91 Å². The van der Waals surface area contributed by atoms with Crippen molar-refractivity contribution in [1.29, 1.82) is 0 Å². The predicted molar refractivity (Wildman–Crippen MR) is 104 cm³/mol. The van der Waals surface area contributed by atoms with Crippen LogP contribution in [-0.4, -0.2) is 27.6 Å². The van der Waals surface area contributed by atoms with E-state index in [1.54, 1.807) is 0 Å². The molecule has 0 unspecified atom stereocenters. The van der Waals surface area contributed by atoms with Crippen LogP contribution in [0.4, 0.5) is 0 Å². The lowest BCUT2D eigenvalue weighted by Crippen LogP contribution is -2.27. The SMILES string of the molecule is Cc1cccc(-c2nnc(CCC(=O)NCCc3ccccc3)c(=O)[nH]2)c1. The van der Waals surface area contributed by atoms with Gasteiger partial charge in [-0.3, -0.25) is 9.59 Å². The van der Waals surface area contributed by atoms with Crippen LogP contribution in [0.25, 0.3) is 11.4 Å². The third-order valence-corrected chi connectivity index (χ3v) is 4.22. The number of hydrogen-bond donors (Lipinski definition) is 2. The van der Waals surface area contributed by atoms with Crippen LogP contribution in [-0.2, 0) is 17.6 Å². The van der Waals surface area contributed by atoms with Crippen molar-refractivity contribution in [2.45, 2.75) is 26.2 Å². The highest BCUT2D eigenvalue weighted by atomic mass is 16.1. The van der Waals surface area contributed by atoms with Crippen molar-refractivity contribution < 1.29 is 4.79 Å². The molecule has 6 nitrogen and oxygen atoms in total. The zero-order valence-corrected chi connectivity index (χ0v) is 15.2. The first kappa shape index (κ1) is 18.5. The summed E-state index contributed by atoms with van der Waals surface area (Å²) in [6, 6.07) is 17.6. The lowest BCUT2D eigenvalue weighted by atomic mass is 10.1. The van der Waals surface area contributed by atoms with E-state index in [2.05, 4.69) is 20.5 Å². The number of aromatic nitrogens is 3. The molecule has 138 valence electrons. The van der Waals surface area contributed by atoms with Crippen molar-refractivity contribution in [3.05, 3.63) is 81.8 Å². The third-order valence-electron chi connectivity index (χ3n) is 4.22. The number of carbonyl (C=O) groups is 1. The van der Waals surface area contributed by atoms with Crippen molar-refractivity contribution in [2.24, 2.45) is 0 Å². The molecule has 2 N–H and O–H groups in total. The van der Waals surface area contributed by atoms with Crippen LogP contribution in [0, 0.1) is 6.92 Å². The molecule has 0 fully saturated rings.